The lowest BCUT2D eigenvalue weighted by Crippen LogP contribution is -2.44. The first kappa shape index (κ1) is 21.0. The van der Waals surface area contributed by atoms with Crippen LogP contribution in [0.2, 0.25) is 5.15 Å². The largest absolute Gasteiger partial charge is 0.444 e. The van der Waals surface area contributed by atoms with Gasteiger partial charge in [0.1, 0.15) is 10.8 Å². The molecule has 154 valence electrons. The number of likely N-dealkylation sites (tertiary alicyclic amines) is 1. The summed E-state index contributed by atoms with van der Waals surface area (Å²) >= 11 is 5.98. The zero-order chi connectivity index (χ0) is 21.0. The van der Waals surface area contributed by atoms with E-state index in [0.717, 1.165) is 29.5 Å². The molecule has 1 amide bonds. The molecule has 3 rings (SSSR count). The molecule has 3 heterocycles. The number of ether oxygens (including phenoxy) is 1. The second kappa shape index (κ2) is 8.78. The normalized spacial score (nSPS) is 18.4. The van der Waals surface area contributed by atoms with Crippen LogP contribution in [0.5, 0.6) is 0 Å². The lowest BCUT2D eigenvalue weighted by molar-refractivity contribution is 0.0201. The third-order valence-electron chi connectivity index (χ3n) is 4.49. The highest BCUT2D eigenvalue weighted by Gasteiger charge is 2.27. The number of allylic oxidation sites excluding steroid dienone is 1. The van der Waals surface area contributed by atoms with Gasteiger partial charge in [-0.1, -0.05) is 11.6 Å². The summed E-state index contributed by atoms with van der Waals surface area (Å²) in [5.41, 5.74) is 8.30. The van der Waals surface area contributed by atoms with Gasteiger partial charge in [-0.05, 0) is 51.8 Å². The van der Waals surface area contributed by atoms with Crippen molar-refractivity contribution in [1.29, 1.82) is 0 Å². The van der Waals surface area contributed by atoms with Crippen LogP contribution in [0.1, 0.15) is 39.2 Å². The van der Waals surface area contributed by atoms with Gasteiger partial charge in [0.25, 0.3) is 0 Å². The van der Waals surface area contributed by atoms with Crippen molar-refractivity contribution in [2.45, 2.75) is 45.3 Å². The minimum Gasteiger partial charge on any atom is -0.444 e. The maximum atomic E-state index is 12.3. The second-order valence-corrected chi connectivity index (χ2v) is 8.41. The molecule has 1 aliphatic rings. The predicted octanol–water partition coefficient (Wildman–Crippen LogP) is 4.05. The number of amides is 1. The topological polar surface area (TPSA) is 93.7 Å². The highest BCUT2D eigenvalue weighted by atomic mass is 35.5. The number of rotatable bonds is 3. The Morgan fingerprint density at radius 1 is 1.38 bits per heavy atom. The summed E-state index contributed by atoms with van der Waals surface area (Å²) in [5.74, 6) is 0. The molecular weight excluding hydrogens is 390 g/mol. The molecule has 0 unspecified atom stereocenters. The Balaban J connectivity index is 1.71. The van der Waals surface area contributed by atoms with Gasteiger partial charge in [-0.25, -0.2) is 9.78 Å². The molecule has 0 spiro atoms. The third kappa shape index (κ3) is 5.67. The smallest absolute Gasteiger partial charge is 0.410 e. The zero-order valence-electron chi connectivity index (χ0n) is 16.9. The Hall–Kier alpha value is -2.67. The van der Waals surface area contributed by atoms with Gasteiger partial charge in [0.15, 0.2) is 0 Å². The molecule has 2 aromatic rings. The Morgan fingerprint density at radius 3 is 2.90 bits per heavy atom. The average molecular weight is 416 g/mol. The van der Waals surface area contributed by atoms with E-state index in [1.54, 1.807) is 23.4 Å². The summed E-state index contributed by atoms with van der Waals surface area (Å²) in [4.78, 5) is 27.4. The van der Waals surface area contributed by atoms with Crippen LogP contribution in [0.25, 0.3) is 16.6 Å². The van der Waals surface area contributed by atoms with Crippen LogP contribution in [-0.2, 0) is 4.74 Å². The van der Waals surface area contributed by atoms with Gasteiger partial charge in [-0.2, -0.15) is 0 Å². The minimum atomic E-state index is -0.511. The minimum absolute atomic E-state index is 0.00722. The standard InChI is InChI=1S/C21H26ClN5O2/c1-21(2,3)29-20(28)27-8-4-5-16(13-27)24-12-15(10-23)14-9-18-17(25-11-14)6-7-19(22)26-18/h6-7,9-12,16H,4-5,8,13,23H2,1-3H3/t16-/m1/s1. The predicted molar refractivity (Wildman–Crippen MR) is 116 cm³/mol. The van der Waals surface area contributed by atoms with Crippen molar-refractivity contribution in [3.8, 4) is 0 Å². The number of fused-ring (bicyclic) bond motifs is 1. The second-order valence-electron chi connectivity index (χ2n) is 8.02. The van der Waals surface area contributed by atoms with Crippen molar-refractivity contribution in [3.05, 3.63) is 41.3 Å². The molecule has 0 aliphatic carbocycles. The summed E-state index contributed by atoms with van der Waals surface area (Å²) in [6, 6.07) is 5.40. The Kier molecular flexibility index (Phi) is 6.37. The third-order valence-corrected chi connectivity index (χ3v) is 4.70. The number of pyridine rings is 2. The maximum Gasteiger partial charge on any atom is 0.410 e. The number of nitrogens with zero attached hydrogens (tertiary/aromatic N) is 4. The van der Waals surface area contributed by atoms with Gasteiger partial charge in [0, 0.05) is 42.8 Å². The number of carbonyl (C=O) groups is 1. The average Bonchev–Trinajstić information content (AvgIpc) is 2.67. The highest BCUT2D eigenvalue weighted by molar-refractivity contribution is 6.29. The monoisotopic (exact) mass is 415 g/mol. The molecule has 8 heteroatoms. The van der Waals surface area contributed by atoms with Crippen molar-refractivity contribution in [3.63, 3.8) is 0 Å². The van der Waals surface area contributed by atoms with Crippen LogP contribution in [-0.4, -0.2) is 51.9 Å². The van der Waals surface area contributed by atoms with Crippen LogP contribution >= 0.6 is 11.6 Å². The van der Waals surface area contributed by atoms with Crippen LogP contribution in [0.3, 0.4) is 0 Å². The molecule has 2 aromatic heterocycles. The van der Waals surface area contributed by atoms with E-state index in [1.165, 1.54) is 6.20 Å². The number of hydrogen-bond donors (Lipinski definition) is 1. The van der Waals surface area contributed by atoms with Gasteiger partial charge in [0.2, 0.25) is 0 Å². The van der Waals surface area contributed by atoms with E-state index in [1.807, 2.05) is 32.9 Å². The van der Waals surface area contributed by atoms with E-state index >= 15 is 0 Å². The number of carbonyl (C=O) groups excluding carboxylic acids is 1. The van der Waals surface area contributed by atoms with Crippen molar-refractivity contribution in [2.24, 2.45) is 10.7 Å². The van der Waals surface area contributed by atoms with E-state index in [2.05, 4.69) is 15.0 Å². The maximum absolute atomic E-state index is 12.3. The van der Waals surface area contributed by atoms with Crippen LogP contribution < -0.4 is 5.73 Å². The summed E-state index contributed by atoms with van der Waals surface area (Å²) < 4.78 is 5.47. The van der Waals surface area contributed by atoms with E-state index < -0.39 is 5.60 Å². The number of halogens is 1. The lowest BCUT2D eigenvalue weighted by atomic mass is 10.1. The first-order chi connectivity index (χ1) is 13.7. The van der Waals surface area contributed by atoms with E-state index in [4.69, 9.17) is 22.1 Å². The summed E-state index contributed by atoms with van der Waals surface area (Å²) in [6.07, 6.45) is 6.44. The van der Waals surface area contributed by atoms with Crippen molar-refractivity contribution in [1.82, 2.24) is 14.9 Å². The molecule has 2 N–H and O–H groups in total. The molecule has 0 aromatic carbocycles. The molecular formula is C21H26ClN5O2. The molecule has 7 nitrogen and oxygen atoms in total. The SMILES string of the molecule is CC(C)(C)OC(=O)N1CCC[C@@H](N=CC(=CN)c2cnc3ccc(Cl)nc3c2)C1. The molecule has 1 aliphatic heterocycles. The highest BCUT2D eigenvalue weighted by Crippen LogP contribution is 2.20. The summed E-state index contributed by atoms with van der Waals surface area (Å²) in [6.45, 7) is 6.80. The fraction of sp³-hybridized carbons (Fsp3) is 0.429. The number of nitrogens with two attached hydrogens (primary N) is 1. The van der Waals surface area contributed by atoms with Crippen molar-refractivity contribution in [2.75, 3.05) is 13.1 Å². The fourth-order valence-electron chi connectivity index (χ4n) is 3.11. The Labute approximate surface area is 175 Å². The van der Waals surface area contributed by atoms with Gasteiger partial charge in [-0.3, -0.25) is 9.98 Å². The van der Waals surface area contributed by atoms with E-state index in [9.17, 15) is 4.79 Å². The van der Waals surface area contributed by atoms with Crippen LogP contribution in [0.4, 0.5) is 4.79 Å². The molecule has 0 bridgehead atoms. The Bertz CT molecular complexity index is 952. The Morgan fingerprint density at radius 2 is 2.17 bits per heavy atom. The molecule has 0 radical (unpaired) electrons. The van der Waals surface area contributed by atoms with Gasteiger partial charge >= 0.3 is 6.09 Å². The number of aliphatic imine (C=N–C) groups is 1. The number of hydrogen-bond acceptors (Lipinski definition) is 6. The van der Waals surface area contributed by atoms with Gasteiger partial charge in [0.05, 0.1) is 17.1 Å². The number of piperidine rings is 1. The van der Waals surface area contributed by atoms with E-state index in [0.29, 0.717) is 23.8 Å². The first-order valence-electron chi connectivity index (χ1n) is 9.61. The van der Waals surface area contributed by atoms with Gasteiger partial charge in [-0.15, -0.1) is 0 Å². The molecule has 0 saturated carbocycles. The molecule has 1 fully saturated rings. The lowest BCUT2D eigenvalue weighted by Gasteiger charge is -2.32. The first-order valence-corrected chi connectivity index (χ1v) is 9.98. The molecule has 1 saturated heterocycles. The quantitative estimate of drug-likeness (QED) is 0.602. The van der Waals surface area contributed by atoms with Crippen molar-refractivity contribution < 1.29 is 9.53 Å². The zero-order valence-corrected chi connectivity index (χ0v) is 17.7. The van der Waals surface area contributed by atoms with Gasteiger partial charge < -0.3 is 15.4 Å². The van der Waals surface area contributed by atoms with Crippen LogP contribution in [0.15, 0.2) is 35.6 Å². The van der Waals surface area contributed by atoms with Crippen LogP contribution in [0, 0.1) is 0 Å². The number of aromatic nitrogens is 2. The fourth-order valence-corrected chi connectivity index (χ4v) is 3.26. The van der Waals surface area contributed by atoms with Crippen molar-refractivity contribution >= 4 is 40.5 Å². The summed E-state index contributed by atoms with van der Waals surface area (Å²) in [5, 5.41) is 0.410. The molecule has 1 atom stereocenters. The van der Waals surface area contributed by atoms with E-state index in [-0.39, 0.29) is 12.1 Å². The molecule has 29 heavy (non-hydrogen) atoms. The summed E-state index contributed by atoms with van der Waals surface area (Å²) in [7, 11) is 0.